The van der Waals surface area contributed by atoms with Crippen LogP contribution in [0.2, 0.25) is 0 Å². The molecule has 10 heteroatoms. The van der Waals surface area contributed by atoms with E-state index in [0.29, 0.717) is 23.1 Å². The van der Waals surface area contributed by atoms with Crippen LogP contribution in [0.5, 0.6) is 5.75 Å². The number of aromatic nitrogens is 5. The van der Waals surface area contributed by atoms with E-state index < -0.39 is 0 Å². The third-order valence-corrected chi connectivity index (χ3v) is 6.35. The highest BCUT2D eigenvalue weighted by atomic mass is 79.9. The zero-order valence-electron chi connectivity index (χ0n) is 18.9. The van der Waals surface area contributed by atoms with Gasteiger partial charge in [-0.3, -0.25) is 4.79 Å². The first kappa shape index (κ1) is 23.9. The van der Waals surface area contributed by atoms with Crippen LogP contribution < -0.4 is 10.1 Å². The third-order valence-electron chi connectivity index (χ3n) is 4.96. The van der Waals surface area contributed by atoms with Crippen molar-refractivity contribution in [2.45, 2.75) is 31.3 Å². The first-order valence-electron chi connectivity index (χ1n) is 10.5. The molecule has 0 atom stereocenters. The van der Waals surface area contributed by atoms with Crippen molar-refractivity contribution in [1.82, 2.24) is 30.3 Å². The highest BCUT2D eigenvalue weighted by molar-refractivity contribution is 9.10. The number of thioether (sulfide) groups is 1. The van der Waals surface area contributed by atoms with Crippen molar-refractivity contribution in [2.75, 3.05) is 7.11 Å². The van der Waals surface area contributed by atoms with Crippen LogP contribution in [0.4, 0.5) is 0 Å². The Morgan fingerprint density at radius 3 is 2.38 bits per heavy atom. The van der Waals surface area contributed by atoms with E-state index in [1.807, 2.05) is 68.4 Å². The lowest BCUT2D eigenvalue weighted by atomic mass is 10.2. The molecule has 2 aromatic heterocycles. The van der Waals surface area contributed by atoms with Crippen molar-refractivity contribution in [1.29, 1.82) is 0 Å². The predicted octanol–water partition coefficient (Wildman–Crippen LogP) is 4.67. The van der Waals surface area contributed by atoms with Crippen molar-refractivity contribution in [3.05, 3.63) is 87.4 Å². The van der Waals surface area contributed by atoms with E-state index in [1.54, 1.807) is 11.8 Å². The van der Waals surface area contributed by atoms with Gasteiger partial charge in [0.25, 0.3) is 5.91 Å². The van der Waals surface area contributed by atoms with Gasteiger partial charge in [-0.25, -0.2) is 14.6 Å². The zero-order valence-corrected chi connectivity index (χ0v) is 21.4. The maximum atomic E-state index is 13.1. The van der Waals surface area contributed by atoms with Crippen molar-refractivity contribution in [2.24, 2.45) is 0 Å². The van der Waals surface area contributed by atoms with E-state index in [2.05, 4.69) is 41.5 Å². The molecule has 0 bridgehead atoms. The molecule has 8 nitrogen and oxygen atoms in total. The number of ether oxygens (including phenoxy) is 1. The summed E-state index contributed by atoms with van der Waals surface area (Å²) in [5, 5.41) is 12.1. The van der Waals surface area contributed by atoms with E-state index in [0.717, 1.165) is 32.9 Å². The van der Waals surface area contributed by atoms with E-state index in [4.69, 9.17) is 4.74 Å². The topological polar surface area (TPSA) is 94.8 Å². The number of nitrogens with one attached hydrogen (secondary N) is 1. The maximum Gasteiger partial charge on any atom is 0.274 e. The minimum absolute atomic E-state index is 0.272. The van der Waals surface area contributed by atoms with Gasteiger partial charge >= 0.3 is 0 Å². The van der Waals surface area contributed by atoms with Gasteiger partial charge in [0, 0.05) is 28.2 Å². The van der Waals surface area contributed by atoms with Crippen molar-refractivity contribution >= 4 is 33.6 Å². The van der Waals surface area contributed by atoms with Gasteiger partial charge in [-0.2, -0.15) is 0 Å². The van der Waals surface area contributed by atoms with Gasteiger partial charge in [-0.05, 0) is 61.9 Å². The second kappa shape index (κ2) is 10.8. The molecule has 0 saturated heterocycles. The standard InChI is InChI=1S/C24H23BrN6O2S/c1-15-12-16(2)28-24(27-15)34-14-21-22(29-30-31(21)19-8-6-18(25)7-9-19)23(32)26-13-17-4-10-20(33-3)11-5-17/h4-12H,13-14H2,1-3H3,(H,26,32). The normalized spacial score (nSPS) is 10.8. The Labute approximate surface area is 210 Å². The first-order valence-corrected chi connectivity index (χ1v) is 12.3. The van der Waals surface area contributed by atoms with Crippen molar-refractivity contribution in [3.63, 3.8) is 0 Å². The number of methoxy groups -OCH3 is 1. The molecule has 2 heterocycles. The molecule has 0 spiro atoms. The summed E-state index contributed by atoms with van der Waals surface area (Å²) in [5.74, 6) is 0.897. The molecule has 4 rings (SSSR count). The molecule has 0 unspecified atom stereocenters. The first-order chi connectivity index (χ1) is 16.4. The van der Waals surface area contributed by atoms with Gasteiger partial charge in [0.2, 0.25) is 0 Å². The van der Waals surface area contributed by atoms with Gasteiger partial charge in [0.1, 0.15) is 5.75 Å². The SMILES string of the molecule is COc1ccc(CNC(=O)c2nnn(-c3ccc(Br)cc3)c2CSc2nc(C)cc(C)n2)cc1. The van der Waals surface area contributed by atoms with Crippen LogP contribution in [0.25, 0.3) is 5.69 Å². The van der Waals surface area contributed by atoms with Crippen LogP contribution in [0.1, 0.15) is 33.1 Å². The summed E-state index contributed by atoms with van der Waals surface area (Å²) in [7, 11) is 1.62. The van der Waals surface area contributed by atoms with E-state index in [-0.39, 0.29) is 11.6 Å². The number of rotatable bonds is 8. The number of hydrogen-bond donors (Lipinski definition) is 1. The van der Waals surface area contributed by atoms with Crippen LogP contribution in [0.3, 0.4) is 0 Å². The molecule has 1 amide bonds. The minimum Gasteiger partial charge on any atom is -0.497 e. The highest BCUT2D eigenvalue weighted by Gasteiger charge is 2.21. The van der Waals surface area contributed by atoms with Crippen LogP contribution in [0.15, 0.2) is 64.2 Å². The monoisotopic (exact) mass is 538 g/mol. The fourth-order valence-electron chi connectivity index (χ4n) is 3.30. The van der Waals surface area contributed by atoms with Crippen LogP contribution in [-0.4, -0.2) is 38.0 Å². The molecule has 0 aliphatic heterocycles. The molecule has 174 valence electrons. The fraction of sp³-hybridized carbons (Fsp3) is 0.208. The number of carbonyl (C=O) groups excluding carboxylic acids is 1. The predicted molar refractivity (Wildman–Crippen MR) is 134 cm³/mol. The van der Waals surface area contributed by atoms with Crippen molar-refractivity contribution in [3.8, 4) is 11.4 Å². The fourth-order valence-corrected chi connectivity index (χ4v) is 4.50. The Morgan fingerprint density at radius 1 is 1.06 bits per heavy atom. The van der Waals surface area contributed by atoms with Crippen LogP contribution in [0, 0.1) is 13.8 Å². The molecule has 0 aliphatic rings. The number of benzene rings is 2. The van der Waals surface area contributed by atoms with E-state index in [1.165, 1.54) is 11.8 Å². The lowest BCUT2D eigenvalue weighted by Crippen LogP contribution is -2.24. The highest BCUT2D eigenvalue weighted by Crippen LogP contribution is 2.24. The molecule has 34 heavy (non-hydrogen) atoms. The van der Waals surface area contributed by atoms with Crippen molar-refractivity contribution < 1.29 is 9.53 Å². The molecule has 0 saturated carbocycles. The Kier molecular flexibility index (Phi) is 7.59. The van der Waals surface area contributed by atoms with E-state index >= 15 is 0 Å². The maximum absolute atomic E-state index is 13.1. The summed E-state index contributed by atoms with van der Waals surface area (Å²) >= 11 is 4.90. The molecular weight excluding hydrogens is 516 g/mol. The second-order valence-electron chi connectivity index (χ2n) is 7.53. The molecule has 2 aromatic carbocycles. The number of amides is 1. The number of aryl methyl sites for hydroxylation is 2. The largest absolute Gasteiger partial charge is 0.497 e. The lowest BCUT2D eigenvalue weighted by molar-refractivity contribution is 0.0945. The van der Waals surface area contributed by atoms with E-state index in [9.17, 15) is 4.79 Å². The molecule has 0 radical (unpaired) electrons. The summed E-state index contributed by atoms with van der Waals surface area (Å²) in [4.78, 5) is 22.1. The van der Waals surface area contributed by atoms with Crippen LogP contribution in [-0.2, 0) is 12.3 Å². The Hall–Kier alpha value is -3.24. The van der Waals surface area contributed by atoms with Gasteiger partial charge in [0.15, 0.2) is 10.9 Å². The second-order valence-corrected chi connectivity index (χ2v) is 9.38. The van der Waals surface area contributed by atoms with Gasteiger partial charge < -0.3 is 10.1 Å². The summed E-state index contributed by atoms with van der Waals surface area (Å²) in [5.41, 5.74) is 4.49. The molecule has 0 fully saturated rings. The molecule has 1 N–H and O–H groups in total. The minimum atomic E-state index is -0.295. The lowest BCUT2D eigenvalue weighted by Gasteiger charge is -2.09. The van der Waals surface area contributed by atoms with Crippen LogP contribution >= 0.6 is 27.7 Å². The number of nitrogens with zero attached hydrogens (tertiary/aromatic N) is 5. The van der Waals surface area contributed by atoms with Gasteiger partial charge in [-0.1, -0.05) is 45.0 Å². The zero-order chi connectivity index (χ0) is 24.1. The Balaban J connectivity index is 1.58. The van der Waals surface area contributed by atoms with Gasteiger partial charge in [0.05, 0.1) is 18.5 Å². The quantitative estimate of drug-likeness (QED) is 0.257. The molecular formula is C24H23BrN6O2S. The molecule has 4 aromatic rings. The summed E-state index contributed by atoms with van der Waals surface area (Å²) in [6.45, 7) is 4.23. The summed E-state index contributed by atoms with van der Waals surface area (Å²) in [6.07, 6.45) is 0. The molecule has 0 aliphatic carbocycles. The average Bonchev–Trinajstić information content (AvgIpc) is 3.25. The summed E-state index contributed by atoms with van der Waals surface area (Å²) in [6, 6.07) is 17.1. The Morgan fingerprint density at radius 2 is 1.74 bits per heavy atom. The number of halogens is 1. The smallest absolute Gasteiger partial charge is 0.274 e. The number of carbonyl (C=O) groups is 1. The third kappa shape index (κ3) is 5.81. The summed E-state index contributed by atoms with van der Waals surface area (Å²) < 4.78 is 7.82. The Bertz CT molecular complexity index is 1270. The number of hydrogen-bond acceptors (Lipinski definition) is 7. The average molecular weight is 539 g/mol. The van der Waals surface area contributed by atoms with Gasteiger partial charge in [-0.15, -0.1) is 5.10 Å².